The van der Waals surface area contributed by atoms with Gasteiger partial charge in [0.25, 0.3) is 5.91 Å². The van der Waals surface area contributed by atoms with E-state index < -0.39 is 0 Å². The minimum atomic E-state index is -0.170. The lowest BCUT2D eigenvalue weighted by Gasteiger charge is -2.08. The molecule has 0 saturated heterocycles. The Labute approximate surface area is 133 Å². The third-order valence-electron chi connectivity index (χ3n) is 2.86. The molecular weight excluding hydrogens is 352 g/mol. The fourth-order valence-corrected chi connectivity index (χ4v) is 3.06. The van der Waals surface area contributed by atoms with E-state index in [0.29, 0.717) is 17.4 Å². The molecule has 1 amide bonds. The normalized spacial score (nSPS) is 10.5. The van der Waals surface area contributed by atoms with Crippen LogP contribution in [0.2, 0.25) is 0 Å². The van der Waals surface area contributed by atoms with Gasteiger partial charge in [-0.2, -0.15) is 0 Å². The van der Waals surface area contributed by atoms with Crippen LogP contribution in [0.1, 0.15) is 16.1 Å². The highest BCUT2D eigenvalue weighted by atomic mass is 79.9. The predicted octanol–water partition coefficient (Wildman–Crippen LogP) is 3.40. The topological polar surface area (TPSA) is 59.8 Å². The Hall–Kier alpha value is -1.99. The van der Waals surface area contributed by atoms with E-state index in [4.69, 9.17) is 0 Å². The lowest BCUT2D eigenvalue weighted by molar-refractivity contribution is 0.101. The van der Waals surface area contributed by atoms with Crippen molar-refractivity contribution in [2.45, 2.75) is 6.54 Å². The number of carbonyl (C=O) groups is 1. The van der Waals surface area contributed by atoms with Crippen LogP contribution < -0.4 is 5.32 Å². The standard InChI is InChI=1S/C14H11BrN4OS/c15-12-9-21-14(17-12)18-13(20)11-2-1-7-19(11)8-10-3-5-16-6-4-10/h1-7,9H,8H2,(H,17,18,20). The van der Waals surface area contributed by atoms with Gasteiger partial charge in [0.1, 0.15) is 10.3 Å². The van der Waals surface area contributed by atoms with Crippen molar-refractivity contribution < 1.29 is 4.79 Å². The van der Waals surface area contributed by atoms with E-state index in [1.165, 1.54) is 11.3 Å². The Kier molecular flexibility index (Phi) is 4.12. The lowest BCUT2D eigenvalue weighted by atomic mass is 10.2. The first-order valence-corrected chi connectivity index (χ1v) is 7.86. The van der Waals surface area contributed by atoms with Crippen LogP contribution >= 0.6 is 27.3 Å². The number of anilines is 1. The molecule has 0 spiro atoms. The van der Waals surface area contributed by atoms with Gasteiger partial charge in [0, 0.05) is 30.5 Å². The molecule has 0 radical (unpaired) electrons. The first kappa shape index (κ1) is 14.0. The van der Waals surface area contributed by atoms with Crippen molar-refractivity contribution in [2.75, 3.05) is 5.32 Å². The van der Waals surface area contributed by atoms with E-state index >= 15 is 0 Å². The van der Waals surface area contributed by atoms with E-state index in [1.807, 2.05) is 34.3 Å². The highest BCUT2D eigenvalue weighted by Crippen LogP contribution is 2.20. The van der Waals surface area contributed by atoms with E-state index in [2.05, 4.69) is 31.2 Å². The van der Waals surface area contributed by atoms with Crippen LogP contribution in [-0.2, 0) is 6.54 Å². The van der Waals surface area contributed by atoms with Crippen molar-refractivity contribution >= 4 is 38.3 Å². The third-order valence-corrected chi connectivity index (χ3v) is 4.33. The van der Waals surface area contributed by atoms with Crippen molar-refractivity contribution in [3.63, 3.8) is 0 Å². The van der Waals surface area contributed by atoms with Gasteiger partial charge in [-0.1, -0.05) is 0 Å². The summed E-state index contributed by atoms with van der Waals surface area (Å²) in [4.78, 5) is 20.5. The first-order valence-electron chi connectivity index (χ1n) is 6.19. The molecule has 7 heteroatoms. The Balaban J connectivity index is 1.77. The second kappa shape index (κ2) is 6.19. The summed E-state index contributed by atoms with van der Waals surface area (Å²) in [6, 6.07) is 7.51. The van der Waals surface area contributed by atoms with Crippen molar-refractivity contribution in [1.29, 1.82) is 0 Å². The Bertz CT molecular complexity index is 753. The molecule has 0 unspecified atom stereocenters. The van der Waals surface area contributed by atoms with Crippen LogP contribution in [0.25, 0.3) is 0 Å². The first-order chi connectivity index (χ1) is 10.2. The average molecular weight is 363 g/mol. The maximum absolute atomic E-state index is 12.3. The molecule has 0 atom stereocenters. The Morgan fingerprint density at radius 3 is 2.86 bits per heavy atom. The van der Waals surface area contributed by atoms with Crippen LogP contribution in [-0.4, -0.2) is 20.4 Å². The minimum Gasteiger partial charge on any atom is -0.339 e. The third kappa shape index (κ3) is 3.37. The van der Waals surface area contributed by atoms with E-state index in [0.717, 1.165) is 10.2 Å². The fraction of sp³-hybridized carbons (Fsp3) is 0.0714. The SMILES string of the molecule is O=C(Nc1nc(Br)cs1)c1cccn1Cc1ccncc1. The van der Waals surface area contributed by atoms with E-state index in [1.54, 1.807) is 18.5 Å². The van der Waals surface area contributed by atoms with Crippen LogP contribution in [0, 0.1) is 0 Å². The molecule has 21 heavy (non-hydrogen) atoms. The Morgan fingerprint density at radius 2 is 2.14 bits per heavy atom. The van der Waals surface area contributed by atoms with Gasteiger partial charge in [0.15, 0.2) is 5.13 Å². The molecule has 0 aromatic carbocycles. The fourth-order valence-electron chi connectivity index (χ4n) is 1.92. The highest BCUT2D eigenvalue weighted by Gasteiger charge is 2.13. The molecule has 1 N–H and O–H groups in total. The number of carbonyl (C=O) groups excluding carboxylic acids is 1. The zero-order valence-electron chi connectivity index (χ0n) is 10.9. The van der Waals surface area contributed by atoms with Gasteiger partial charge in [-0.05, 0) is 45.8 Å². The molecule has 5 nitrogen and oxygen atoms in total. The van der Waals surface area contributed by atoms with Gasteiger partial charge in [-0.25, -0.2) is 4.98 Å². The molecule has 0 fully saturated rings. The second-order valence-electron chi connectivity index (χ2n) is 4.31. The van der Waals surface area contributed by atoms with E-state index in [9.17, 15) is 4.79 Å². The van der Waals surface area contributed by atoms with E-state index in [-0.39, 0.29) is 5.91 Å². The van der Waals surface area contributed by atoms with Crippen LogP contribution in [0.3, 0.4) is 0 Å². The van der Waals surface area contributed by atoms with Gasteiger partial charge in [-0.3, -0.25) is 15.1 Å². The molecule has 0 aliphatic rings. The minimum absolute atomic E-state index is 0.170. The molecule has 0 saturated carbocycles. The number of hydrogen-bond donors (Lipinski definition) is 1. The molecule has 0 aliphatic heterocycles. The number of rotatable bonds is 4. The number of nitrogens with zero attached hydrogens (tertiary/aromatic N) is 3. The molecule has 106 valence electrons. The van der Waals surface area contributed by atoms with Crippen LogP contribution in [0.4, 0.5) is 5.13 Å². The second-order valence-corrected chi connectivity index (χ2v) is 5.98. The summed E-state index contributed by atoms with van der Waals surface area (Å²) in [6.45, 7) is 0.625. The lowest BCUT2D eigenvalue weighted by Crippen LogP contribution is -2.17. The number of thiazole rings is 1. The quantitative estimate of drug-likeness (QED) is 0.773. The smallest absolute Gasteiger partial charge is 0.274 e. The number of amides is 1. The summed E-state index contributed by atoms with van der Waals surface area (Å²) in [6.07, 6.45) is 5.37. The number of halogens is 1. The maximum Gasteiger partial charge on any atom is 0.274 e. The molecule has 3 aromatic rings. The zero-order chi connectivity index (χ0) is 14.7. The highest BCUT2D eigenvalue weighted by molar-refractivity contribution is 9.10. The monoisotopic (exact) mass is 362 g/mol. The summed E-state index contributed by atoms with van der Waals surface area (Å²) in [5, 5.41) is 5.19. The summed E-state index contributed by atoms with van der Waals surface area (Å²) in [5.41, 5.74) is 1.69. The van der Waals surface area contributed by atoms with Crippen molar-refractivity contribution in [3.8, 4) is 0 Å². The van der Waals surface area contributed by atoms with Crippen molar-refractivity contribution in [1.82, 2.24) is 14.5 Å². The maximum atomic E-state index is 12.3. The number of aromatic nitrogens is 3. The zero-order valence-corrected chi connectivity index (χ0v) is 13.3. The molecule has 0 aliphatic carbocycles. The van der Waals surface area contributed by atoms with Gasteiger partial charge in [0.05, 0.1) is 0 Å². The van der Waals surface area contributed by atoms with Gasteiger partial charge in [0.2, 0.25) is 0 Å². The molecule has 3 heterocycles. The van der Waals surface area contributed by atoms with Gasteiger partial charge < -0.3 is 4.57 Å². The van der Waals surface area contributed by atoms with Crippen molar-refractivity contribution in [3.05, 3.63) is 64.1 Å². The molecular formula is C14H11BrN4OS. The summed E-state index contributed by atoms with van der Waals surface area (Å²) in [7, 11) is 0. The summed E-state index contributed by atoms with van der Waals surface area (Å²) >= 11 is 4.64. The molecule has 3 aromatic heterocycles. The Morgan fingerprint density at radius 1 is 1.33 bits per heavy atom. The number of pyridine rings is 1. The van der Waals surface area contributed by atoms with Crippen LogP contribution in [0.15, 0.2) is 52.8 Å². The van der Waals surface area contributed by atoms with Gasteiger partial charge >= 0.3 is 0 Å². The molecule has 0 bridgehead atoms. The van der Waals surface area contributed by atoms with Crippen LogP contribution in [0.5, 0.6) is 0 Å². The summed E-state index contributed by atoms with van der Waals surface area (Å²) in [5.74, 6) is -0.170. The number of hydrogen-bond acceptors (Lipinski definition) is 4. The predicted molar refractivity (Wildman–Crippen MR) is 85.5 cm³/mol. The van der Waals surface area contributed by atoms with Gasteiger partial charge in [-0.15, -0.1) is 11.3 Å². The average Bonchev–Trinajstić information content (AvgIpc) is 3.09. The molecule has 3 rings (SSSR count). The largest absolute Gasteiger partial charge is 0.339 e. The van der Waals surface area contributed by atoms with Crippen molar-refractivity contribution in [2.24, 2.45) is 0 Å². The number of nitrogens with one attached hydrogen (secondary N) is 1. The summed E-state index contributed by atoms with van der Waals surface area (Å²) < 4.78 is 2.61.